The van der Waals surface area contributed by atoms with Gasteiger partial charge in [-0.3, -0.25) is 9.10 Å². The fourth-order valence-electron chi connectivity index (χ4n) is 3.57. The van der Waals surface area contributed by atoms with Crippen LogP contribution >= 0.6 is 0 Å². The van der Waals surface area contributed by atoms with Gasteiger partial charge in [-0.05, 0) is 60.7 Å². The van der Waals surface area contributed by atoms with E-state index in [1.54, 1.807) is 24.3 Å². The van der Waals surface area contributed by atoms with Crippen molar-refractivity contribution in [3.8, 4) is 0 Å². The molecule has 0 aliphatic carbocycles. The van der Waals surface area contributed by atoms with E-state index in [4.69, 9.17) is 0 Å². The van der Waals surface area contributed by atoms with Crippen LogP contribution in [0.1, 0.15) is 38.2 Å². The summed E-state index contributed by atoms with van der Waals surface area (Å²) in [5.41, 5.74) is 6.05. The Morgan fingerprint density at radius 3 is 2.00 bits per heavy atom. The Morgan fingerprint density at radius 2 is 1.42 bits per heavy atom. The molecule has 0 saturated heterocycles. The molecule has 6 heteroatoms. The van der Waals surface area contributed by atoms with Gasteiger partial charge in [0.25, 0.3) is 5.91 Å². The van der Waals surface area contributed by atoms with Crippen LogP contribution in [0.4, 0.5) is 5.69 Å². The molecule has 0 fully saturated rings. The summed E-state index contributed by atoms with van der Waals surface area (Å²) in [6.07, 6.45) is 1.21. The minimum Gasteiger partial charge on any atom is -0.348 e. The van der Waals surface area contributed by atoms with Crippen molar-refractivity contribution in [2.24, 2.45) is 0 Å². The summed E-state index contributed by atoms with van der Waals surface area (Å²) in [6.45, 7) is 6.49. The number of nitrogens with zero attached hydrogens (tertiary/aromatic N) is 1. The van der Waals surface area contributed by atoms with Gasteiger partial charge in [-0.15, -0.1) is 0 Å². The van der Waals surface area contributed by atoms with Gasteiger partial charge >= 0.3 is 0 Å². The third-order valence-electron chi connectivity index (χ3n) is 5.33. The first-order chi connectivity index (χ1) is 14.7. The molecule has 162 valence electrons. The zero-order valence-electron chi connectivity index (χ0n) is 18.3. The second-order valence-corrected chi connectivity index (χ2v) is 9.72. The Bertz CT molecular complexity index is 1170. The van der Waals surface area contributed by atoms with Crippen molar-refractivity contribution >= 4 is 21.6 Å². The second kappa shape index (κ2) is 9.35. The van der Waals surface area contributed by atoms with E-state index in [9.17, 15) is 13.2 Å². The number of para-hydroxylation sites is 1. The summed E-state index contributed by atoms with van der Waals surface area (Å²) < 4.78 is 26.5. The van der Waals surface area contributed by atoms with Gasteiger partial charge < -0.3 is 5.32 Å². The fraction of sp³-hybridized carbons (Fsp3) is 0.240. The van der Waals surface area contributed by atoms with E-state index in [1.807, 2.05) is 63.2 Å². The summed E-state index contributed by atoms with van der Waals surface area (Å²) in [4.78, 5) is 12.5. The summed E-state index contributed by atoms with van der Waals surface area (Å²) in [7, 11) is -3.48. The molecule has 0 aliphatic rings. The number of aryl methyl sites for hydroxylation is 3. The number of carbonyl (C=O) groups excluding carboxylic acids is 1. The molecule has 5 nitrogen and oxygen atoms in total. The zero-order chi connectivity index (χ0) is 22.6. The number of carbonyl (C=O) groups is 1. The van der Waals surface area contributed by atoms with Crippen molar-refractivity contribution in [1.82, 2.24) is 5.32 Å². The molecule has 3 aromatic rings. The van der Waals surface area contributed by atoms with Crippen LogP contribution in [0, 0.1) is 20.8 Å². The third-order valence-corrected chi connectivity index (χ3v) is 6.44. The van der Waals surface area contributed by atoms with E-state index in [1.165, 1.54) is 10.6 Å². The van der Waals surface area contributed by atoms with Crippen LogP contribution in [0.25, 0.3) is 0 Å². The van der Waals surface area contributed by atoms with E-state index in [2.05, 4.69) is 5.32 Å². The molecule has 3 aromatic carbocycles. The first-order valence-corrected chi connectivity index (χ1v) is 12.0. The lowest BCUT2D eigenvalue weighted by Gasteiger charge is -2.26. The predicted octanol–water partition coefficient (Wildman–Crippen LogP) is 4.51. The van der Waals surface area contributed by atoms with Crippen molar-refractivity contribution in [1.29, 1.82) is 0 Å². The maximum Gasteiger partial charge on any atom is 0.251 e. The highest BCUT2D eigenvalue weighted by Gasteiger charge is 2.21. The van der Waals surface area contributed by atoms with Gasteiger partial charge in [0.2, 0.25) is 10.0 Å². The van der Waals surface area contributed by atoms with Crippen LogP contribution in [0.5, 0.6) is 0 Å². The minimum atomic E-state index is -3.48. The molecule has 0 radical (unpaired) electrons. The van der Waals surface area contributed by atoms with E-state index in [0.29, 0.717) is 17.8 Å². The molecule has 0 heterocycles. The quantitative estimate of drug-likeness (QED) is 0.593. The van der Waals surface area contributed by atoms with E-state index >= 15 is 0 Å². The van der Waals surface area contributed by atoms with Gasteiger partial charge in [0, 0.05) is 12.1 Å². The average molecular weight is 437 g/mol. The first kappa shape index (κ1) is 22.6. The number of amides is 1. The molecule has 1 amide bonds. The molecule has 3 rings (SSSR count). The molecule has 0 atom stereocenters. The van der Waals surface area contributed by atoms with Crippen LogP contribution in [-0.2, 0) is 23.1 Å². The van der Waals surface area contributed by atoms with E-state index in [0.717, 1.165) is 27.8 Å². The molecule has 0 unspecified atom stereocenters. The number of rotatable bonds is 7. The van der Waals surface area contributed by atoms with Gasteiger partial charge in [-0.25, -0.2) is 8.42 Å². The van der Waals surface area contributed by atoms with E-state index in [-0.39, 0.29) is 12.5 Å². The molecule has 0 bridgehead atoms. The Kier molecular flexibility index (Phi) is 6.81. The molecule has 31 heavy (non-hydrogen) atoms. The van der Waals surface area contributed by atoms with Crippen LogP contribution in [0.3, 0.4) is 0 Å². The average Bonchev–Trinajstić information content (AvgIpc) is 2.72. The van der Waals surface area contributed by atoms with Crippen LogP contribution < -0.4 is 9.62 Å². The number of benzene rings is 3. The van der Waals surface area contributed by atoms with Gasteiger partial charge in [0.1, 0.15) is 0 Å². The summed E-state index contributed by atoms with van der Waals surface area (Å²) in [6, 6.07) is 20.7. The molecular weight excluding hydrogens is 408 g/mol. The standard InChI is InChI=1S/C25H28N2O3S/c1-18-8-5-6-11-23(18)16-26-25(28)22-14-12-21(13-15-22)17-27(31(4,29)30)24-19(2)9-7-10-20(24)3/h5-15H,16-17H2,1-4H3,(H,26,28). The number of sulfonamides is 1. The molecule has 0 saturated carbocycles. The lowest BCUT2D eigenvalue weighted by Crippen LogP contribution is -2.30. The van der Waals surface area contributed by atoms with Crippen LogP contribution in [0.15, 0.2) is 66.7 Å². The Balaban J connectivity index is 1.75. The largest absolute Gasteiger partial charge is 0.348 e. The zero-order valence-corrected chi connectivity index (χ0v) is 19.2. The fourth-order valence-corrected chi connectivity index (χ4v) is 4.58. The molecule has 0 aromatic heterocycles. The van der Waals surface area contributed by atoms with E-state index < -0.39 is 10.0 Å². The third kappa shape index (κ3) is 5.52. The van der Waals surface area contributed by atoms with Crippen molar-refractivity contribution in [3.05, 3.63) is 100 Å². The smallest absolute Gasteiger partial charge is 0.251 e. The van der Waals surface area contributed by atoms with Crippen LogP contribution in [-0.4, -0.2) is 20.6 Å². The summed E-state index contributed by atoms with van der Waals surface area (Å²) in [5, 5.41) is 2.94. The number of anilines is 1. The molecule has 0 spiro atoms. The molecule has 0 aliphatic heterocycles. The normalized spacial score (nSPS) is 11.2. The number of nitrogens with one attached hydrogen (secondary N) is 1. The number of hydrogen-bond donors (Lipinski definition) is 1. The lowest BCUT2D eigenvalue weighted by molar-refractivity contribution is 0.0951. The maximum atomic E-state index is 12.5. The van der Waals surface area contributed by atoms with Gasteiger partial charge in [0.05, 0.1) is 18.5 Å². The SMILES string of the molecule is Cc1ccccc1CNC(=O)c1ccc(CN(c2c(C)cccc2C)S(C)(=O)=O)cc1. The Morgan fingerprint density at radius 1 is 0.839 bits per heavy atom. The minimum absolute atomic E-state index is 0.162. The highest BCUT2D eigenvalue weighted by molar-refractivity contribution is 7.92. The second-order valence-electron chi connectivity index (χ2n) is 7.82. The Labute approximate surface area is 184 Å². The highest BCUT2D eigenvalue weighted by Crippen LogP contribution is 2.28. The van der Waals surface area contributed by atoms with Crippen molar-refractivity contribution in [2.75, 3.05) is 10.6 Å². The first-order valence-electron chi connectivity index (χ1n) is 10.1. The van der Waals surface area contributed by atoms with Crippen LogP contribution in [0.2, 0.25) is 0 Å². The van der Waals surface area contributed by atoms with Gasteiger partial charge in [-0.2, -0.15) is 0 Å². The van der Waals surface area contributed by atoms with Gasteiger partial charge in [-0.1, -0.05) is 54.6 Å². The lowest BCUT2D eigenvalue weighted by atomic mass is 10.1. The highest BCUT2D eigenvalue weighted by atomic mass is 32.2. The van der Waals surface area contributed by atoms with Crippen molar-refractivity contribution < 1.29 is 13.2 Å². The maximum absolute atomic E-state index is 12.5. The summed E-state index contributed by atoms with van der Waals surface area (Å²) in [5.74, 6) is -0.162. The predicted molar refractivity (Wildman–Crippen MR) is 126 cm³/mol. The molecular formula is C25H28N2O3S. The van der Waals surface area contributed by atoms with Gasteiger partial charge in [0.15, 0.2) is 0 Å². The molecule has 1 N–H and O–H groups in total. The van der Waals surface area contributed by atoms with Crippen molar-refractivity contribution in [3.63, 3.8) is 0 Å². The van der Waals surface area contributed by atoms with Crippen molar-refractivity contribution in [2.45, 2.75) is 33.9 Å². The number of hydrogen-bond acceptors (Lipinski definition) is 3. The summed E-state index contributed by atoms with van der Waals surface area (Å²) >= 11 is 0. The monoisotopic (exact) mass is 436 g/mol. The topological polar surface area (TPSA) is 66.5 Å². The Hall–Kier alpha value is -3.12.